The summed E-state index contributed by atoms with van der Waals surface area (Å²) >= 11 is 9.20. The molecular weight excluding hydrogens is 515 g/mol. The molecule has 0 saturated carbocycles. The Kier molecular flexibility index (Phi) is 6.43. The van der Waals surface area contributed by atoms with Crippen LogP contribution < -0.4 is 16.1 Å². The van der Waals surface area contributed by atoms with E-state index in [9.17, 15) is 18.8 Å². The summed E-state index contributed by atoms with van der Waals surface area (Å²) in [5.41, 5.74) is 3.78. The van der Waals surface area contributed by atoms with Crippen molar-refractivity contribution in [1.29, 1.82) is 0 Å². The van der Waals surface area contributed by atoms with Gasteiger partial charge in [-0.3, -0.25) is 19.8 Å². The van der Waals surface area contributed by atoms with Gasteiger partial charge in [-0.25, -0.2) is 9.07 Å². The van der Waals surface area contributed by atoms with Gasteiger partial charge in [0.2, 0.25) is 0 Å². The van der Waals surface area contributed by atoms with E-state index < -0.39 is 23.5 Å². The lowest BCUT2D eigenvalue weighted by Crippen LogP contribution is -2.36. The van der Waals surface area contributed by atoms with Crippen molar-refractivity contribution in [3.8, 4) is 0 Å². The maximum absolute atomic E-state index is 13.2. The van der Waals surface area contributed by atoms with Crippen molar-refractivity contribution in [3.05, 3.63) is 93.8 Å². The van der Waals surface area contributed by atoms with E-state index in [4.69, 9.17) is 11.6 Å². The van der Waals surface area contributed by atoms with Crippen molar-refractivity contribution >= 4 is 67.5 Å². The summed E-state index contributed by atoms with van der Waals surface area (Å²) in [6, 6.07) is 18.3. The minimum Gasteiger partial charge on any atom is -0.321 e. The maximum atomic E-state index is 13.2. The summed E-state index contributed by atoms with van der Waals surface area (Å²) in [7, 11) is 0. The molecule has 33 heavy (non-hydrogen) atoms. The van der Waals surface area contributed by atoms with Gasteiger partial charge in [0.25, 0.3) is 5.91 Å². The normalized spacial score (nSPS) is 10.6. The molecule has 0 saturated heterocycles. The molecule has 3 N–H and O–H groups in total. The molecular formula is C23H15BrClFN4O3. The Morgan fingerprint density at radius 2 is 1.45 bits per heavy atom. The fraction of sp³-hybridized carbons (Fsp3) is 0. The van der Waals surface area contributed by atoms with Crippen molar-refractivity contribution in [2.75, 3.05) is 16.1 Å². The first-order valence-electron chi connectivity index (χ1n) is 9.56. The number of nitrogens with zero attached hydrogens (tertiary/aromatic N) is 1. The second-order valence-electron chi connectivity index (χ2n) is 6.93. The molecule has 4 aromatic rings. The number of hydrogen-bond donors (Lipinski definition) is 3. The fourth-order valence-electron chi connectivity index (χ4n) is 3.08. The topological polar surface area (TPSA) is 92.2 Å². The van der Waals surface area contributed by atoms with Crippen LogP contribution in [0.1, 0.15) is 10.5 Å². The number of amides is 3. The van der Waals surface area contributed by atoms with Crippen molar-refractivity contribution in [3.63, 3.8) is 0 Å². The number of fused-ring (bicyclic) bond motifs is 1. The molecule has 0 fully saturated rings. The van der Waals surface area contributed by atoms with E-state index >= 15 is 0 Å². The van der Waals surface area contributed by atoms with E-state index in [0.717, 1.165) is 4.47 Å². The van der Waals surface area contributed by atoms with E-state index in [2.05, 4.69) is 32.0 Å². The average molecular weight is 530 g/mol. The van der Waals surface area contributed by atoms with Gasteiger partial charge in [0.15, 0.2) is 0 Å². The number of carbonyl (C=O) groups excluding carboxylic acids is 3. The molecule has 7 nitrogen and oxygen atoms in total. The molecule has 0 radical (unpaired) electrons. The highest BCUT2D eigenvalue weighted by Gasteiger charge is 2.21. The van der Waals surface area contributed by atoms with Gasteiger partial charge >= 0.3 is 11.8 Å². The Bertz CT molecular complexity index is 1370. The van der Waals surface area contributed by atoms with Crippen LogP contribution in [0.15, 0.2) is 77.3 Å². The molecule has 0 aliphatic carbocycles. The Morgan fingerprint density at radius 3 is 2.15 bits per heavy atom. The SMILES string of the molecule is O=C(Nc1ccc(Cl)cc1)C(=O)Nn1c(C(=O)Nc2ccc(F)cc2)cc2cc(Br)ccc21. The summed E-state index contributed by atoms with van der Waals surface area (Å²) < 4.78 is 15.2. The first-order valence-corrected chi connectivity index (χ1v) is 10.7. The molecule has 0 atom stereocenters. The third-order valence-electron chi connectivity index (χ3n) is 4.62. The number of carbonyl (C=O) groups is 3. The van der Waals surface area contributed by atoms with Crippen LogP contribution in [0.4, 0.5) is 15.8 Å². The van der Waals surface area contributed by atoms with Gasteiger partial charge in [-0.2, -0.15) is 0 Å². The quantitative estimate of drug-likeness (QED) is 0.319. The van der Waals surface area contributed by atoms with Crippen LogP contribution in [0, 0.1) is 5.82 Å². The minimum absolute atomic E-state index is 0.0695. The van der Waals surface area contributed by atoms with E-state index in [0.29, 0.717) is 27.3 Å². The number of benzene rings is 3. The van der Waals surface area contributed by atoms with Gasteiger partial charge in [0.1, 0.15) is 11.5 Å². The molecule has 0 spiro atoms. The van der Waals surface area contributed by atoms with Gasteiger partial charge in [0, 0.05) is 26.3 Å². The number of rotatable bonds is 4. The number of hydrogen-bond acceptors (Lipinski definition) is 3. The lowest BCUT2D eigenvalue weighted by atomic mass is 10.2. The highest BCUT2D eigenvalue weighted by molar-refractivity contribution is 9.10. The summed E-state index contributed by atoms with van der Waals surface area (Å²) in [5.74, 6) is -2.92. The molecule has 0 unspecified atom stereocenters. The van der Waals surface area contributed by atoms with Crippen molar-refractivity contribution in [2.24, 2.45) is 0 Å². The van der Waals surface area contributed by atoms with Crippen molar-refractivity contribution in [2.45, 2.75) is 0 Å². The molecule has 3 aromatic carbocycles. The predicted octanol–water partition coefficient (Wildman–Crippen LogP) is 5.16. The fourth-order valence-corrected chi connectivity index (χ4v) is 3.58. The molecule has 3 amide bonds. The number of nitrogens with one attached hydrogen (secondary N) is 3. The molecule has 1 aromatic heterocycles. The molecule has 0 bridgehead atoms. The van der Waals surface area contributed by atoms with Crippen LogP contribution in [0.5, 0.6) is 0 Å². The maximum Gasteiger partial charge on any atom is 0.328 e. The van der Waals surface area contributed by atoms with E-state index in [-0.39, 0.29) is 5.69 Å². The van der Waals surface area contributed by atoms with Crippen LogP contribution in [-0.2, 0) is 9.59 Å². The smallest absolute Gasteiger partial charge is 0.321 e. The first-order chi connectivity index (χ1) is 15.8. The molecule has 0 aliphatic heterocycles. The van der Waals surface area contributed by atoms with Gasteiger partial charge in [-0.05, 0) is 72.8 Å². The zero-order valence-corrected chi connectivity index (χ0v) is 19.1. The van der Waals surface area contributed by atoms with Gasteiger partial charge in [-0.15, -0.1) is 0 Å². The summed E-state index contributed by atoms with van der Waals surface area (Å²) in [6.45, 7) is 0. The zero-order valence-electron chi connectivity index (χ0n) is 16.7. The highest BCUT2D eigenvalue weighted by Crippen LogP contribution is 2.24. The first kappa shape index (κ1) is 22.5. The highest BCUT2D eigenvalue weighted by atomic mass is 79.9. The third kappa shape index (κ3) is 5.21. The summed E-state index contributed by atoms with van der Waals surface area (Å²) in [6.07, 6.45) is 0. The average Bonchev–Trinajstić information content (AvgIpc) is 3.14. The van der Waals surface area contributed by atoms with Crippen molar-refractivity contribution in [1.82, 2.24) is 4.68 Å². The van der Waals surface area contributed by atoms with Gasteiger partial charge in [0.05, 0.1) is 5.52 Å². The van der Waals surface area contributed by atoms with Crippen LogP contribution in [0.2, 0.25) is 5.02 Å². The van der Waals surface area contributed by atoms with Crippen molar-refractivity contribution < 1.29 is 18.8 Å². The van der Waals surface area contributed by atoms with Gasteiger partial charge < -0.3 is 10.6 Å². The molecule has 0 aliphatic rings. The van der Waals surface area contributed by atoms with E-state index in [1.807, 2.05) is 0 Å². The second kappa shape index (κ2) is 9.43. The van der Waals surface area contributed by atoms with Crippen LogP contribution in [0.25, 0.3) is 10.9 Å². The number of anilines is 2. The van der Waals surface area contributed by atoms with Crippen LogP contribution in [0.3, 0.4) is 0 Å². The minimum atomic E-state index is -0.985. The number of halogens is 3. The monoisotopic (exact) mass is 528 g/mol. The molecule has 4 rings (SSSR count). The lowest BCUT2D eigenvalue weighted by molar-refractivity contribution is -0.133. The zero-order chi connectivity index (χ0) is 23.5. The molecule has 166 valence electrons. The Balaban J connectivity index is 1.61. The summed E-state index contributed by atoms with van der Waals surface area (Å²) in [5, 5.41) is 6.24. The van der Waals surface area contributed by atoms with Crippen LogP contribution in [-0.4, -0.2) is 22.4 Å². The van der Waals surface area contributed by atoms with Crippen LogP contribution >= 0.6 is 27.5 Å². The number of aromatic nitrogens is 1. The standard InChI is InChI=1S/C23H15BrClFN4O3/c24-14-1-10-19-13(11-14)12-20(21(31)27-18-8-4-16(26)5-9-18)30(19)29-23(33)22(32)28-17-6-2-15(25)3-7-17/h1-12H,(H,27,31)(H,28,32)(H,29,33). The van der Waals surface area contributed by atoms with E-state index in [1.54, 1.807) is 48.5 Å². The largest absolute Gasteiger partial charge is 0.328 e. The summed E-state index contributed by atoms with van der Waals surface area (Å²) in [4.78, 5) is 38.0. The second-order valence-corrected chi connectivity index (χ2v) is 8.28. The van der Waals surface area contributed by atoms with E-state index in [1.165, 1.54) is 28.9 Å². The Hall–Kier alpha value is -3.69. The molecule has 10 heteroatoms. The lowest BCUT2D eigenvalue weighted by Gasteiger charge is -2.13. The van der Waals surface area contributed by atoms with Gasteiger partial charge in [-0.1, -0.05) is 27.5 Å². The Labute approximate surface area is 200 Å². The molecule has 1 heterocycles. The predicted molar refractivity (Wildman–Crippen MR) is 128 cm³/mol. The Morgan fingerprint density at radius 1 is 0.818 bits per heavy atom. The third-order valence-corrected chi connectivity index (χ3v) is 5.37.